The number of hydrogen-bond acceptors (Lipinski definition) is 15. The van der Waals surface area contributed by atoms with Crippen LogP contribution in [0.3, 0.4) is 0 Å². The lowest BCUT2D eigenvalue weighted by Gasteiger charge is -2.43. The van der Waals surface area contributed by atoms with E-state index >= 15 is 0 Å². The van der Waals surface area contributed by atoms with E-state index in [4.69, 9.17) is 33.3 Å². The summed E-state index contributed by atoms with van der Waals surface area (Å²) in [5.41, 5.74) is -0.581. The summed E-state index contributed by atoms with van der Waals surface area (Å²) in [5, 5.41) is 15.7. The molecule has 0 radical (unpaired) electrons. The molecule has 0 spiro atoms. The van der Waals surface area contributed by atoms with Crippen LogP contribution in [0.5, 0.6) is 0 Å². The van der Waals surface area contributed by atoms with Crippen LogP contribution in [0.1, 0.15) is 78.3 Å². The highest BCUT2D eigenvalue weighted by atomic mass is 16.8. The zero-order valence-electron chi connectivity index (χ0n) is 27.1. The second-order valence-electron chi connectivity index (χ2n) is 12.8. The monoisotopic (exact) mass is 680 g/mol. The average molecular weight is 681 g/mol. The van der Waals surface area contributed by atoms with Gasteiger partial charge in [0.15, 0.2) is 12.2 Å². The molecule has 6 rings (SSSR count). The van der Waals surface area contributed by atoms with E-state index in [0.717, 1.165) is 59.8 Å². The first-order valence-electron chi connectivity index (χ1n) is 16.2. The highest BCUT2D eigenvalue weighted by Crippen LogP contribution is 2.46. The van der Waals surface area contributed by atoms with Crippen molar-refractivity contribution in [3.63, 3.8) is 0 Å². The molecule has 18 heteroatoms. The lowest BCUT2D eigenvalue weighted by molar-refractivity contribution is -0.308. The minimum Gasteiger partial charge on any atom is -0.463 e. The number of carbonyl (C=O) groups is 4. The molecule has 4 fully saturated rings. The van der Waals surface area contributed by atoms with E-state index in [1.165, 1.54) is 13.9 Å². The highest BCUT2D eigenvalue weighted by molar-refractivity contribution is 5.94. The molecule has 2 saturated heterocycles. The Kier molecular flexibility index (Phi) is 9.50. The van der Waals surface area contributed by atoms with Crippen molar-refractivity contribution in [2.45, 2.75) is 134 Å². The van der Waals surface area contributed by atoms with Gasteiger partial charge >= 0.3 is 35.3 Å². The maximum atomic E-state index is 13.8. The largest absolute Gasteiger partial charge is 0.463 e. The van der Waals surface area contributed by atoms with Crippen molar-refractivity contribution in [2.75, 3.05) is 6.61 Å². The van der Waals surface area contributed by atoms with Gasteiger partial charge in [-0.2, -0.15) is 0 Å². The maximum absolute atomic E-state index is 13.8. The zero-order valence-corrected chi connectivity index (χ0v) is 27.1. The van der Waals surface area contributed by atoms with E-state index in [-0.39, 0.29) is 12.6 Å². The van der Waals surface area contributed by atoms with Crippen LogP contribution in [-0.4, -0.2) is 104 Å². The van der Waals surface area contributed by atoms with Crippen LogP contribution < -0.4 is 11.4 Å². The predicted molar refractivity (Wildman–Crippen MR) is 157 cm³/mol. The van der Waals surface area contributed by atoms with Crippen molar-refractivity contribution in [1.29, 1.82) is 0 Å². The Morgan fingerprint density at radius 1 is 0.833 bits per heavy atom. The number of nitrogens with zero attached hydrogens (tertiary/aromatic N) is 4. The summed E-state index contributed by atoms with van der Waals surface area (Å²) < 4.78 is 37.1. The Bertz CT molecular complexity index is 1590. The minimum absolute atomic E-state index is 0.178. The van der Waals surface area contributed by atoms with Crippen molar-refractivity contribution < 1.29 is 57.5 Å². The summed E-state index contributed by atoms with van der Waals surface area (Å²) in [6.45, 7) is 4.21. The number of aromatic nitrogens is 3. The third-order valence-corrected chi connectivity index (χ3v) is 9.47. The van der Waals surface area contributed by atoms with Crippen molar-refractivity contribution in [2.24, 2.45) is 11.1 Å². The molecule has 0 bridgehead atoms. The first-order chi connectivity index (χ1) is 22.9. The fourth-order valence-electron chi connectivity index (χ4n) is 7.50. The Morgan fingerprint density at radius 2 is 1.48 bits per heavy atom. The van der Waals surface area contributed by atoms with Gasteiger partial charge in [-0.1, -0.05) is 24.4 Å². The molecule has 1 aromatic rings. The van der Waals surface area contributed by atoms with Crippen molar-refractivity contribution in [3.05, 3.63) is 21.0 Å². The summed E-state index contributed by atoms with van der Waals surface area (Å²) in [7, 11) is 0. The molecule has 1 aromatic heterocycles. The van der Waals surface area contributed by atoms with Gasteiger partial charge in [0, 0.05) is 46.2 Å². The molecule has 48 heavy (non-hydrogen) atoms. The summed E-state index contributed by atoms with van der Waals surface area (Å²) >= 11 is 0. The van der Waals surface area contributed by atoms with Gasteiger partial charge in [-0.15, -0.1) is 0 Å². The van der Waals surface area contributed by atoms with E-state index in [0.29, 0.717) is 12.1 Å². The average Bonchev–Trinajstić information content (AvgIpc) is 3.78. The van der Waals surface area contributed by atoms with Crippen LogP contribution in [0.15, 0.2) is 14.7 Å². The summed E-state index contributed by atoms with van der Waals surface area (Å²) in [6, 6.07) is -1.10. The molecule has 2 saturated carbocycles. The normalized spacial score (nSPS) is 35.0. The van der Waals surface area contributed by atoms with Gasteiger partial charge < -0.3 is 38.4 Å². The molecule has 3 aliphatic heterocycles. The molecule has 5 aliphatic rings. The van der Waals surface area contributed by atoms with Crippen LogP contribution in [0.4, 0.5) is 0 Å². The summed E-state index contributed by atoms with van der Waals surface area (Å²) in [6.07, 6.45) is -5.00. The van der Waals surface area contributed by atoms with Gasteiger partial charge in [-0.3, -0.25) is 19.2 Å². The van der Waals surface area contributed by atoms with Gasteiger partial charge in [-0.25, -0.2) is 23.5 Å². The van der Waals surface area contributed by atoms with E-state index in [1.54, 1.807) is 0 Å². The smallest absolute Gasteiger partial charge is 0.347 e. The maximum Gasteiger partial charge on any atom is 0.347 e. The van der Waals surface area contributed by atoms with Gasteiger partial charge in [-0.05, 0) is 19.3 Å². The third kappa shape index (κ3) is 6.39. The van der Waals surface area contributed by atoms with E-state index in [1.807, 2.05) is 0 Å². The number of oxime groups is 1. The SMILES string of the molecule is CC(=O)OC[C@H]1O[C@@H](O/N=C2/[C@H]3CCn4c(=O)n(C5CCCCC5)c(=O)n4[C@H]3[C@H](O)[C@@H]3O[C@H]23)[C@H](OC(C)=O)[C@@H](OC(C)=O)[C@@H]1OC(C)=O. The van der Waals surface area contributed by atoms with Gasteiger partial charge in [0.05, 0.1) is 11.8 Å². The van der Waals surface area contributed by atoms with Crippen molar-refractivity contribution in [1.82, 2.24) is 13.9 Å². The molecule has 264 valence electrons. The van der Waals surface area contributed by atoms with Crippen molar-refractivity contribution >= 4 is 29.6 Å². The van der Waals surface area contributed by atoms with Gasteiger partial charge in [0.2, 0.25) is 6.10 Å². The first kappa shape index (κ1) is 33.9. The fourth-order valence-corrected chi connectivity index (χ4v) is 7.50. The number of fused-ring (bicyclic) bond motifs is 4. The summed E-state index contributed by atoms with van der Waals surface area (Å²) in [4.78, 5) is 81.1. The quantitative estimate of drug-likeness (QED) is 0.158. The molecule has 0 unspecified atom stereocenters. The summed E-state index contributed by atoms with van der Waals surface area (Å²) in [5.74, 6) is -3.64. The number of epoxide rings is 1. The van der Waals surface area contributed by atoms with Gasteiger partial charge in [0.25, 0.3) is 6.29 Å². The van der Waals surface area contributed by atoms with E-state index in [9.17, 15) is 33.9 Å². The number of rotatable bonds is 8. The molecule has 1 N–H and O–H groups in total. The molecule has 10 atom stereocenters. The lowest BCUT2D eigenvalue weighted by Crippen LogP contribution is -2.62. The number of hydrogen-bond donors (Lipinski definition) is 1. The zero-order chi connectivity index (χ0) is 34.4. The Hall–Kier alpha value is -4.03. The molecule has 0 aromatic carbocycles. The molecule has 0 amide bonds. The van der Waals surface area contributed by atoms with Crippen LogP contribution in [0, 0.1) is 5.92 Å². The van der Waals surface area contributed by atoms with Gasteiger partial charge in [0.1, 0.15) is 31.0 Å². The first-order valence-corrected chi connectivity index (χ1v) is 16.2. The Labute approximate surface area is 273 Å². The molecule has 18 nitrogen and oxygen atoms in total. The topological polar surface area (TPSA) is 218 Å². The fraction of sp³-hybridized carbons (Fsp3) is 0.767. The van der Waals surface area contributed by atoms with Crippen LogP contribution in [-0.2, 0) is 59.0 Å². The number of aliphatic hydroxyl groups excluding tert-OH is 1. The highest BCUT2D eigenvalue weighted by Gasteiger charge is 2.62. The second-order valence-corrected chi connectivity index (χ2v) is 12.8. The number of aliphatic hydroxyl groups is 1. The van der Waals surface area contributed by atoms with Crippen molar-refractivity contribution in [3.8, 4) is 0 Å². The van der Waals surface area contributed by atoms with E-state index < -0.39 is 103 Å². The molecule has 2 aliphatic carbocycles. The molecular weight excluding hydrogens is 640 g/mol. The third-order valence-electron chi connectivity index (χ3n) is 9.47. The van der Waals surface area contributed by atoms with Crippen LogP contribution in [0.25, 0.3) is 0 Å². The minimum atomic E-state index is -1.57. The predicted octanol–water partition coefficient (Wildman–Crippen LogP) is -0.525. The number of ether oxygens (including phenoxy) is 6. The van der Waals surface area contributed by atoms with Crippen LogP contribution >= 0.6 is 0 Å². The number of esters is 4. The molecule has 4 heterocycles. The second kappa shape index (κ2) is 13.5. The van der Waals surface area contributed by atoms with Crippen LogP contribution in [0.2, 0.25) is 0 Å². The molecular formula is C30H40N4O14. The standard InChI is InChI=1S/C30H40N4O14/c1-13(35)42-12-19-23(43-14(2)36)26(44-15(3)37)27(45-16(4)38)28(46-19)48-31-20-18-10-11-32-29(40)33(17-8-6-5-7-9-17)30(41)34(32)21(18)22(39)25-24(20)47-25/h17-19,21-28,39H,5-12H2,1-4H3/b31-20-/t18-,19-,21-,22+,23-,24-,25+,26+,27-,28+/m1/s1. The Balaban J connectivity index is 1.33. The lowest BCUT2D eigenvalue weighted by atomic mass is 9.78. The Morgan fingerprint density at radius 3 is 2.12 bits per heavy atom. The van der Waals surface area contributed by atoms with E-state index in [2.05, 4.69) is 5.16 Å². The number of carbonyl (C=O) groups excluding carboxylic acids is 4.